The van der Waals surface area contributed by atoms with Crippen LogP contribution in [-0.2, 0) is 6.54 Å². The molecule has 1 aliphatic rings. The van der Waals surface area contributed by atoms with E-state index in [1.165, 1.54) is 18.4 Å². The molecule has 1 aromatic rings. The van der Waals surface area contributed by atoms with E-state index in [4.69, 9.17) is 4.98 Å². The molecule has 2 rings (SSSR count). The standard InChI is InChI=1S/C17H30N4/c1-13(2)10-18-11-15-12-19-16(20-14(15)3)21-8-6-17(4,5)7-9-21/h12-13,18H,6-11H2,1-5H3. The lowest BCUT2D eigenvalue weighted by Crippen LogP contribution is -2.38. The molecule has 0 aromatic carbocycles. The van der Waals surface area contributed by atoms with Crippen LogP contribution in [0.1, 0.15) is 51.8 Å². The topological polar surface area (TPSA) is 41.1 Å². The van der Waals surface area contributed by atoms with Crippen molar-refractivity contribution in [2.75, 3.05) is 24.5 Å². The van der Waals surface area contributed by atoms with Crippen molar-refractivity contribution in [3.05, 3.63) is 17.5 Å². The smallest absolute Gasteiger partial charge is 0.225 e. The van der Waals surface area contributed by atoms with Crippen LogP contribution in [0, 0.1) is 18.3 Å². The highest BCUT2D eigenvalue weighted by atomic mass is 15.3. The van der Waals surface area contributed by atoms with Gasteiger partial charge in [-0.3, -0.25) is 0 Å². The van der Waals surface area contributed by atoms with Crippen LogP contribution >= 0.6 is 0 Å². The van der Waals surface area contributed by atoms with Crippen LogP contribution in [0.4, 0.5) is 5.95 Å². The Bertz CT molecular complexity index is 458. The molecule has 0 unspecified atom stereocenters. The van der Waals surface area contributed by atoms with Crippen LogP contribution < -0.4 is 10.2 Å². The van der Waals surface area contributed by atoms with Gasteiger partial charge >= 0.3 is 0 Å². The van der Waals surface area contributed by atoms with E-state index in [2.05, 4.69) is 49.8 Å². The summed E-state index contributed by atoms with van der Waals surface area (Å²) in [5.41, 5.74) is 2.77. The molecule has 1 aliphatic heterocycles. The van der Waals surface area contributed by atoms with Gasteiger partial charge in [0, 0.05) is 37.1 Å². The maximum atomic E-state index is 4.72. The summed E-state index contributed by atoms with van der Waals surface area (Å²) in [5, 5.41) is 3.46. The van der Waals surface area contributed by atoms with Gasteiger partial charge in [-0.2, -0.15) is 0 Å². The minimum absolute atomic E-state index is 0.465. The zero-order valence-corrected chi connectivity index (χ0v) is 14.2. The lowest BCUT2D eigenvalue weighted by atomic mass is 9.83. The normalized spacial score (nSPS) is 18.3. The molecule has 0 atom stereocenters. The molecule has 2 heterocycles. The molecule has 0 amide bonds. The summed E-state index contributed by atoms with van der Waals surface area (Å²) < 4.78 is 0. The average Bonchev–Trinajstić information content (AvgIpc) is 2.40. The predicted octanol–water partition coefficient (Wildman–Crippen LogP) is 3.16. The van der Waals surface area contributed by atoms with E-state index in [9.17, 15) is 0 Å². The molecule has 0 radical (unpaired) electrons. The van der Waals surface area contributed by atoms with Crippen molar-refractivity contribution in [2.24, 2.45) is 11.3 Å². The van der Waals surface area contributed by atoms with E-state index in [1.807, 2.05) is 6.20 Å². The average molecular weight is 290 g/mol. The molecular weight excluding hydrogens is 260 g/mol. The lowest BCUT2D eigenvalue weighted by Gasteiger charge is -2.37. The number of hydrogen-bond donors (Lipinski definition) is 1. The van der Waals surface area contributed by atoms with Gasteiger partial charge in [-0.25, -0.2) is 9.97 Å². The maximum absolute atomic E-state index is 4.72. The molecule has 0 bridgehead atoms. The van der Waals surface area contributed by atoms with Gasteiger partial charge in [0.2, 0.25) is 5.95 Å². The second-order valence-corrected chi connectivity index (χ2v) is 7.46. The summed E-state index contributed by atoms with van der Waals surface area (Å²) in [5.74, 6) is 1.57. The summed E-state index contributed by atoms with van der Waals surface area (Å²) in [6.07, 6.45) is 4.42. The molecule has 0 spiro atoms. The monoisotopic (exact) mass is 290 g/mol. The highest BCUT2D eigenvalue weighted by Gasteiger charge is 2.26. The number of anilines is 1. The van der Waals surface area contributed by atoms with E-state index in [0.717, 1.165) is 37.8 Å². The zero-order valence-electron chi connectivity index (χ0n) is 14.2. The Labute approximate surface area is 129 Å². The fraction of sp³-hybridized carbons (Fsp3) is 0.765. The molecule has 1 N–H and O–H groups in total. The van der Waals surface area contributed by atoms with Crippen LogP contribution in [0.2, 0.25) is 0 Å². The maximum Gasteiger partial charge on any atom is 0.225 e. The molecule has 0 saturated carbocycles. The van der Waals surface area contributed by atoms with Crippen molar-refractivity contribution in [2.45, 2.75) is 54.0 Å². The first kappa shape index (κ1) is 16.2. The van der Waals surface area contributed by atoms with Gasteiger partial charge in [0.05, 0.1) is 0 Å². The number of nitrogens with zero attached hydrogens (tertiary/aromatic N) is 3. The molecule has 4 heteroatoms. The van der Waals surface area contributed by atoms with Crippen molar-refractivity contribution in [1.29, 1.82) is 0 Å². The number of piperidine rings is 1. The molecule has 4 nitrogen and oxygen atoms in total. The first-order valence-corrected chi connectivity index (χ1v) is 8.15. The van der Waals surface area contributed by atoms with E-state index >= 15 is 0 Å². The van der Waals surface area contributed by atoms with Crippen molar-refractivity contribution in [1.82, 2.24) is 15.3 Å². The van der Waals surface area contributed by atoms with E-state index in [0.29, 0.717) is 11.3 Å². The van der Waals surface area contributed by atoms with Crippen LogP contribution in [0.5, 0.6) is 0 Å². The quantitative estimate of drug-likeness (QED) is 0.904. The van der Waals surface area contributed by atoms with Crippen molar-refractivity contribution in [3.8, 4) is 0 Å². The fourth-order valence-electron chi connectivity index (χ4n) is 2.61. The second kappa shape index (κ2) is 6.73. The summed E-state index contributed by atoms with van der Waals surface area (Å²) >= 11 is 0. The van der Waals surface area contributed by atoms with E-state index in [1.54, 1.807) is 0 Å². The minimum atomic E-state index is 0.465. The summed E-state index contributed by atoms with van der Waals surface area (Å²) in [7, 11) is 0. The van der Waals surface area contributed by atoms with Gasteiger partial charge in [-0.15, -0.1) is 0 Å². The Morgan fingerprint density at radius 3 is 2.52 bits per heavy atom. The Morgan fingerprint density at radius 2 is 1.95 bits per heavy atom. The Kier molecular flexibility index (Phi) is 5.20. The molecule has 1 fully saturated rings. The second-order valence-electron chi connectivity index (χ2n) is 7.46. The van der Waals surface area contributed by atoms with E-state index < -0.39 is 0 Å². The summed E-state index contributed by atoms with van der Waals surface area (Å²) in [6.45, 7) is 15.2. The van der Waals surface area contributed by atoms with Crippen molar-refractivity contribution < 1.29 is 0 Å². The highest BCUT2D eigenvalue weighted by molar-refractivity contribution is 5.33. The Balaban J connectivity index is 1.96. The number of nitrogens with one attached hydrogen (secondary N) is 1. The van der Waals surface area contributed by atoms with Gasteiger partial charge < -0.3 is 10.2 Å². The van der Waals surface area contributed by atoms with Crippen molar-refractivity contribution >= 4 is 5.95 Å². The van der Waals surface area contributed by atoms with Crippen LogP contribution in [0.25, 0.3) is 0 Å². The summed E-state index contributed by atoms with van der Waals surface area (Å²) in [6, 6.07) is 0. The molecule has 118 valence electrons. The number of rotatable bonds is 5. The zero-order chi connectivity index (χ0) is 15.5. The SMILES string of the molecule is Cc1nc(N2CCC(C)(C)CC2)ncc1CNCC(C)C. The first-order valence-electron chi connectivity index (χ1n) is 8.15. The van der Waals surface area contributed by atoms with Crippen molar-refractivity contribution in [3.63, 3.8) is 0 Å². The molecule has 21 heavy (non-hydrogen) atoms. The van der Waals surface area contributed by atoms with Gasteiger partial charge in [-0.05, 0) is 37.6 Å². The highest BCUT2D eigenvalue weighted by Crippen LogP contribution is 2.31. The fourth-order valence-corrected chi connectivity index (χ4v) is 2.61. The molecule has 1 aromatic heterocycles. The third-order valence-corrected chi connectivity index (χ3v) is 4.34. The number of aromatic nitrogens is 2. The minimum Gasteiger partial charge on any atom is -0.341 e. The van der Waals surface area contributed by atoms with Gasteiger partial charge in [0.25, 0.3) is 0 Å². The van der Waals surface area contributed by atoms with Gasteiger partial charge in [-0.1, -0.05) is 27.7 Å². The molecule has 0 aliphatic carbocycles. The third kappa shape index (κ3) is 4.67. The Hall–Kier alpha value is -1.16. The molecular formula is C17H30N4. The van der Waals surface area contributed by atoms with Crippen LogP contribution in [-0.4, -0.2) is 29.6 Å². The summed E-state index contributed by atoms with van der Waals surface area (Å²) in [4.78, 5) is 11.6. The number of hydrogen-bond acceptors (Lipinski definition) is 4. The number of aryl methyl sites for hydroxylation is 1. The van der Waals surface area contributed by atoms with Gasteiger partial charge in [0.15, 0.2) is 0 Å². The molecule has 1 saturated heterocycles. The largest absolute Gasteiger partial charge is 0.341 e. The predicted molar refractivity (Wildman–Crippen MR) is 88.5 cm³/mol. The van der Waals surface area contributed by atoms with Gasteiger partial charge in [0.1, 0.15) is 0 Å². The third-order valence-electron chi connectivity index (χ3n) is 4.34. The van der Waals surface area contributed by atoms with Crippen LogP contribution in [0.3, 0.4) is 0 Å². The Morgan fingerprint density at radius 1 is 1.29 bits per heavy atom. The van der Waals surface area contributed by atoms with E-state index in [-0.39, 0.29) is 0 Å². The first-order chi connectivity index (χ1) is 9.87. The van der Waals surface area contributed by atoms with Crippen LogP contribution in [0.15, 0.2) is 6.20 Å². The lowest BCUT2D eigenvalue weighted by molar-refractivity contribution is 0.278.